The standard InChI is InChI=1S/C29H29F4N3O3/c1-18-17-34-26-6-5-20(39-2)16-22(26)27(18)23(31)7-8-29(28(37)35-38)9-12-36(13-10-29)11-3-4-21-24(32)14-19(30)15-25(21)33/h5-6,14-17,23,38H,7-13H2,1-2H3,(H,35,37). The number of alkyl halides is 1. The Bertz CT molecular complexity index is 1410. The minimum Gasteiger partial charge on any atom is -0.497 e. The number of hydroxylamine groups is 1. The molecule has 0 bridgehead atoms. The summed E-state index contributed by atoms with van der Waals surface area (Å²) in [5.74, 6) is 1.94. The van der Waals surface area contributed by atoms with Gasteiger partial charge in [-0.25, -0.2) is 23.0 Å². The van der Waals surface area contributed by atoms with Gasteiger partial charge in [-0.1, -0.05) is 11.8 Å². The SMILES string of the molecule is COc1ccc2ncc(C)c(C(F)CCC3(C(=O)NO)CCN(CC#Cc4c(F)cc(F)cc4F)CC3)c2c1. The second-order valence-electron chi connectivity index (χ2n) is 9.79. The number of amides is 1. The third kappa shape index (κ3) is 6.15. The summed E-state index contributed by atoms with van der Waals surface area (Å²) >= 11 is 0. The van der Waals surface area contributed by atoms with E-state index in [4.69, 9.17) is 4.74 Å². The number of hydrogen-bond donors (Lipinski definition) is 2. The first-order valence-electron chi connectivity index (χ1n) is 12.5. The molecule has 0 saturated carbocycles. The summed E-state index contributed by atoms with van der Waals surface area (Å²) in [7, 11) is 1.53. The molecule has 1 atom stereocenters. The van der Waals surface area contributed by atoms with Crippen LogP contribution in [-0.2, 0) is 4.79 Å². The van der Waals surface area contributed by atoms with Crippen molar-refractivity contribution in [2.45, 2.75) is 38.8 Å². The van der Waals surface area contributed by atoms with Gasteiger partial charge in [0.05, 0.1) is 30.1 Å². The quantitative estimate of drug-likeness (QED) is 0.181. The van der Waals surface area contributed by atoms with Crippen LogP contribution >= 0.6 is 0 Å². The van der Waals surface area contributed by atoms with Crippen LogP contribution in [0.15, 0.2) is 36.5 Å². The summed E-state index contributed by atoms with van der Waals surface area (Å²) < 4.78 is 61.8. The van der Waals surface area contributed by atoms with Crippen molar-refractivity contribution in [2.75, 3.05) is 26.7 Å². The highest BCUT2D eigenvalue weighted by Gasteiger charge is 2.41. The fourth-order valence-corrected chi connectivity index (χ4v) is 5.13. The molecule has 0 spiro atoms. The van der Waals surface area contributed by atoms with E-state index >= 15 is 4.39 Å². The Kier molecular flexibility index (Phi) is 8.73. The first-order chi connectivity index (χ1) is 18.7. The Hall–Kier alpha value is -3.68. The van der Waals surface area contributed by atoms with Gasteiger partial charge in [-0.15, -0.1) is 0 Å². The maximum Gasteiger partial charge on any atom is 0.249 e. The summed E-state index contributed by atoms with van der Waals surface area (Å²) in [4.78, 5) is 19.0. The molecule has 1 amide bonds. The lowest BCUT2D eigenvalue weighted by Gasteiger charge is -2.40. The molecule has 2 heterocycles. The molecule has 6 nitrogen and oxygen atoms in total. The predicted molar refractivity (Wildman–Crippen MR) is 137 cm³/mol. The van der Waals surface area contributed by atoms with Gasteiger partial charge in [-0.3, -0.25) is 19.9 Å². The molecule has 206 valence electrons. The summed E-state index contributed by atoms with van der Waals surface area (Å²) in [6.07, 6.45) is 1.15. The average Bonchev–Trinajstić information content (AvgIpc) is 2.93. The summed E-state index contributed by atoms with van der Waals surface area (Å²) in [6, 6.07) is 6.41. The van der Waals surface area contributed by atoms with E-state index in [9.17, 15) is 23.2 Å². The Labute approximate surface area is 223 Å². The first-order valence-corrected chi connectivity index (χ1v) is 12.5. The Morgan fingerprint density at radius 1 is 1.21 bits per heavy atom. The van der Waals surface area contributed by atoms with Crippen LogP contribution in [0.5, 0.6) is 5.75 Å². The zero-order valence-corrected chi connectivity index (χ0v) is 21.7. The molecular weight excluding hydrogens is 514 g/mol. The second kappa shape index (κ2) is 12.0. The number of pyridine rings is 1. The van der Waals surface area contributed by atoms with Crippen molar-refractivity contribution >= 4 is 16.8 Å². The molecule has 0 radical (unpaired) electrons. The van der Waals surface area contributed by atoms with Crippen molar-refractivity contribution in [1.29, 1.82) is 0 Å². The topological polar surface area (TPSA) is 74.7 Å². The number of aromatic nitrogens is 1. The van der Waals surface area contributed by atoms with E-state index < -0.39 is 40.5 Å². The largest absolute Gasteiger partial charge is 0.497 e. The van der Waals surface area contributed by atoms with Crippen LogP contribution in [0.1, 0.15) is 48.5 Å². The molecule has 4 rings (SSSR count). The predicted octanol–water partition coefficient (Wildman–Crippen LogP) is 5.40. The second-order valence-corrected chi connectivity index (χ2v) is 9.79. The van der Waals surface area contributed by atoms with Crippen LogP contribution in [-0.4, -0.2) is 47.7 Å². The number of carbonyl (C=O) groups is 1. The third-order valence-electron chi connectivity index (χ3n) is 7.42. The number of hydrogen-bond acceptors (Lipinski definition) is 5. The van der Waals surface area contributed by atoms with Gasteiger partial charge in [0.25, 0.3) is 0 Å². The van der Waals surface area contributed by atoms with E-state index in [1.807, 2.05) is 4.90 Å². The normalized spacial score (nSPS) is 15.9. The van der Waals surface area contributed by atoms with Crippen molar-refractivity contribution in [3.63, 3.8) is 0 Å². The Balaban J connectivity index is 1.45. The first kappa shape index (κ1) is 28.3. The molecule has 1 saturated heterocycles. The summed E-state index contributed by atoms with van der Waals surface area (Å²) in [6.45, 7) is 2.76. The molecule has 1 fully saturated rings. The summed E-state index contributed by atoms with van der Waals surface area (Å²) in [5, 5.41) is 10.1. The zero-order chi connectivity index (χ0) is 28.2. The number of piperidine rings is 1. The minimum atomic E-state index is -1.38. The fourth-order valence-electron chi connectivity index (χ4n) is 5.13. The van der Waals surface area contributed by atoms with Crippen LogP contribution in [0.2, 0.25) is 0 Å². The van der Waals surface area contributed by atoms with Gasteiger partial charge in [0.2, 0.25) is 5.91 Å². The highest BCUT2D eigenvalue weighted by molar-refractivity contribution is 5.85. The van der Waals surface area contributed by atoms with E-state index in [1.54, 1.807) is 36.8 Å². The minimum absolute atomic E-state index is 0.0491. The van der Waals surface area contributed by atoms with E-state index in [0.29, 0.717) is 65.8 Å². The third-order valence-corrected chi connectivity index (χ3v) is 7.42. The molecular formula is C29H29F4N3O3. The average molecular weight is 544 g/mol. The number of benzene rings is 2. The van der Waals surface area contributed by atoms with Crippen LogP contribution in [0.3, 0.4) is 0 Å². The van der Waals surface area contributed by atoms with E-state index in [2.05, 4.69) is 16.8 Å². The van der Waals surface area contributed by atoms with Crippen LogP contribution in [0.25, 0.3) is 10.9 Å². The number of likely N-dealkylation sites (tertiary alicyclic amines) is 1. The molecule has 1 unspecified atom stereocenters. The van der Waals surface area contributed by atoms with E-state index in [0.717, 1.165) is 0 Å². The molecule has 1 aliphatic heterocycles. The van der Waals surface area contributed by atoms with E-state index in [-0.39, 0.29) is 19.4 Å². The van der Waals surface area contributed by atoms with E-state index in [1.165, 1.54) is 7.11 Å². The highest BCUT2D eigenvalue weighted by Crippen LogP contribution is 2.41. The molecule has 3 aromatic rings. The lowest BCUT2D eigenvalue weighted by atomic mass is 9.73. The smallest absolute Gasteiger partial charge is 0.249 e. The number of rotatable bonds is 7. The molecule has 39 heavy (non-hydrogen) atoms. The lowest BCUT2D eigenvalue weighted by molar-refractivity contribution is -0.143. The maximum absolute atomic E-state index is 15.8. The van der Waals surface area contributed by atoms with Gasteiger partial charge in [0, 0.05) is 36.8 Å². The molecule has 10 heteroatoms. The Morgan fingerprint density at radius 3 is 2.54 bits per heavy atom. The monoisotopic (exact) mass is 543 g/mol. The number of nitrogens with one attached hydrogen (secondary N) is 1. The van der Waals surface area contributed by atoms with Crippen LogP contribution in [0.4, 0.5) is 17.6 Å². The number of halogens is 4. The van der Waals surface area contributed by atoms with Crippen LogP contribution < -0.4 is 10.2 Å². The molecule has 2 aromatic carbocycles. The number of methoxy groups -OCH3 is 1. The van der Waals surface area contributed by atoms with Gasteiger partial charge in [0.15, 0.2) is 0 Å². The molecule has 1 aliphatic rings. The van der Waals surface area contributed by atoms with Gasteiger partial charge in [-0.05, 0) is 61.9 Å². The number of carbonyl (C=O) groups excluding carboxylic acids is 1. The number of nitrogens with zero attached hydrogens (tertiary/aromatic N) is 2. The maximum atomic E-state index is 15.8. The molecule has 2 N–H and O–H groups in total. The number of ether oxygens (including phenoxy) is 1. The molecule has 1 aromatic heterocycles. The van der Waals surface area contributed by atoms with Crippen molar-refractivity contribution in [2.24, 2.45) is 5.41 Å². The zero-order valence-electron chi connectivity index (χ0n) is 21.7. The van der Waals surface area contributed by atoms with Gasteiger partial charge in [-0.2, -0.15) is 0 Å². The van der Waals surface area contributed by atoms with Gasteiger partial charge >= 0.3 is 0 Å². The van der Waals surface area contributed by atoms with Crippen molar-refractivity contribution in [3.8, 4) is 17.6 Å². The lowest BCUT2D eigenvalue weighted by Crippen LogP contribution is -2.48. The summed E-state index contributed by atoms with van der Waals surface area (Å²) in [5.41, 5.74) is 2.06. The molecule has 0 aliphatic carbocycles. The van der Waals surface area contributed by atoms with Gasteiger partial charge < -0.3 is 4.74 Å². The van der Waals surface area contributed by atoms with Crippen molar-refractivity contribution in [1.82, 2.24) is 15.4 Å². The highest BCUT2D eigenvalue weighted by atomic mass is 19.1. The fraction of sp³-hybridized carbons (Fsp3) is 0.379. The number of aryl methyl sites for hydroxylation is 1. The van der Waals surface area contributed by atoms with Crippen molar-refractivity contribution < 1.29 is 32.3 Å². The number of fused-ring (bicyclic) bond motifs is 1. The Morgan fingerprint density at radius 2 is 1.90 bits per heavy atom. The van der Waals surface area contributed by atoms with Gasteiger partial charge in [0.1, 0.15) is 29.4 Å². The van der Waals surface area contributed by atoms with Crippen LogP contribution in [0, 0.1) is 41.6 Å². The van der Waals surface area contributed by atoms with Crippen molar-refractivity contribution in [3.05, 3.63) is 70.7 Å².